The summed E-state index contributed by atoms with van der Waals surface area (Å²) in [6.07, 6.45) is 2.92. The minimum atomic E-state index is -0.815. The number of amides is 2. The first-order chi connectivity index (χ1) is 15.5. The third-order valence-electron chi connectivity index (χ3n) is 4.58. The highest BCUT2D eigenvalue weighted by Gasteiger charge is 2.32. The van der Waals surface area contributed by atoms with Crippen LogP contribution < -0.4 is 16.4 Å². The van der Waals surface area contributed by atoms with Crippen LogP contribution in [-0.4, -0.2) is 92.7 Å². The average Bonchev–Trinajstić information content (AvgIpc) is 3.13. The largest absolute Gasteiger partial charge is 0.444 e. The van der Waals surface area contributed by atoms with Gasteiger partial charge in [-0.2, -0.15) is 0 Å². The molecular formula is C20H36ClN3O8. The smallest absolute Gasteiger partial charge is 0.407 e. The number of nitrogens with two attached hydrogens (primary N) is 1. The molecule has 2 amide bonds. The van der Waals surface area contributed by atoms with Crippen LogP contribution in [0.25, 0.3) is 0 Å². The van der Waals surface area contributed by atoms with Crippen molar-refractivity contribution in [2.45, 2.75) is 50.5 Å². The number of halogens is 1. The zero-order valence-electron chi connectivity index (χ0n) is 18.3. The summed E-state index contributed by atoms with van der Waals surface area (Å²) in [6.45, 7) is 1.47. The number of hydrogen-bond acceptors (Lipinski definition) is 9. The van der Waals surface area contributed by atoms with Gasteiger partial charge >= 0.3 is 6.09 Å². The van der Waals surface area contributed by atoms with Crippen LogP contribution in [-0.2, 0) is 23.7 Å². The maximum atomic E-state index is 11.7. The number of rotatable bonds is 18. The molecule has 6 N–H and O–H groups in total. The average molecular weight is 482 g/mol. The van der Waals surface area contributed by atoms with Gasteiger partial charge in [0.1, 0.15) is 18.9 Å². The van der Waals surface area contributed by atoms with Gasteiger partial charge in [0.2, 0.25) is 5.91 Å². The monoisotopic (exact) mass is 481 g/mol. The second-order valence-corrected chi connectivity index (χ2v) is 7.56. The summed E-state index contributed by atoms with van der Waals surface area (Å²) >= 11 is 5.61. The molecular weight excluding hydrogens is 446 g/mol. The van der Waals surface area contributed by atoms with Crippen LogP contribution in [0.1, 0.15) is 32.1 Å². The number of ether oxygens (including phenoxy) is 4. The minimum absolute atomic E-state index is 0.0155. The van der Waals surface area contributed by atoms with Crippen LogP contribution in [0, 0.1) is 0 Å². The van der Waals surface area contributed by atoms with Gasteiger partial charge in [0.25, 0.3) is 0 Å². The third kappa shape index (κ3) is 13.0. The fraction of sp³-hybridized carbons (Fsp3) is 0.800. The lowest BCUT2D eigenvalue weighted by Crippen LogP contribution is -2.31. The molecule has 32 heavy (non-hydrogen) atoms. The van der Waals surface area contributed by atoms with Crippen LogP contribution in [0.4, 0.5) is 4.79 Å². The SMILES string of the molecule is NC(=O)/C(=C\N[C@H]1CC(O)[C@@H](CO)O1)COC(=O)NCCOCCOCCCCCCCl. The number of alkyl carbamates (subject to hydrolysis) is 1. The maximum absolute atomic E-state index is 11.7. The van der Waals surface area contributed by atoms with Crippen molar-refractivity contribution in [1.29, 1.82) is 0 Å². The molecule has 1 aliphatic heterocycles. The Kier molecular flexibility index (Phi) is 15.9. The van der Waals surface area contributed by atoms with E-state index in [0.29, 0.717) is 32.3 Å². The first-order valence-corrected chi connectivity index (χ1v) is 11.3. The third-order valence-corrected chi connectivity index (χ3v) is 4.85. The maximum Gasteiger partial charge on any atom is 0.407 e. The highest BCUT2D eigenvalue weighted by atomic mass is 35.5. The summed E-state index contributed by atoms with van der Waals surface area (Å²) in [5.74, 6) is -0.0742. The Morgan fingerprint density at radius 3 is 2.50 bits per heavy atom. The topological polar surface area (TPSA) is 162 Å². The lowest BCUT2D eigenvalue weighted by molar-refractivity contribution is -0.115. The summed E-state index contributed by atoms with van der Waals surface area (Å²) in [5.41, 5.74) is 5.30. The van der Waals surface area contributed by atoms with Crippen molar-refractivity contribution >= 4 is 23.6 Å². The lowest BCUT2D eigenvalue weighted by atomic mass is 10.2. The Balaban J connectivity index is 2.08. The number of carbonyl (C=O) groups excluding carboxylic acids is 2. The number of nitrogens with one attached hydrogen (secondary N) is 2. The fourth-order valence-electron chi connectivity index (χ4n) is 2.77. The predicted molar refractivity (Wildman–Crippen MR) is 117 cm³/mol. The second kappa shape index (κ2) is 17.9. The van der Waals surface area contributed by atoms with E-state index in [4.69, 9.17) is 41.4 Å². The number of hydrogen-bond donors (Lipinski definition) is 5. The number of unbranched alkanes of at least 4 members (excludes halogenated alkanes) is 3. The van der Waals surface area contributed by atoms with Crippen LogP contribution in [0.15, 0.2) is 11.8 Å². The van der Waals surface area contributed by atoms with Gasteiger partial charge in [-0.1, -0.05) is 12.8 Å². The molecule has 0 aromatic rings. The van der Waals surface area contributed by atoms with Crippen molar-refractivity contribution in [3.63, 3.8) is 0 Å². The first kappa shape index (κ1) is 28.4. The van der Waals surface area contributed by atoms with E-state index in [2.05, 4.69) is 10.6 Å². The van der Waals surface area contributed by atoms with Crippen molar-refractivity contribution in [1.82, 2.24) is 10.6 Å². The molecule has 1 aliphatic rings. The van der Waals surface area contributed by atoms with E-state index >= 15 is 0 Å². The van der Waals surface area contributed by atoms with E-state index in [0.717, 1.165) is 25.7 Å². The van der Waals surface area contributed by atoms with Crippen molar-refractivity contribution < 1.29 is 38.7 Å². The standard InChI is InChI=1S/C20H36ClN3O8/c21-5-3-1-2-4-7-29-9-10-30-8-6-23-20(28)31-14-15(19(22)27)12-24-18-11-16(26)17(13-25)32-18/h12,16-18,24-26H,1-11,13-14H2,(H2,22,27)(H,23,28)/b15-12-/t16?,17-,18-/m1/s1. The first-order valence-electron chi connectivity index (χ1n) is 10.8. The van der Waals surface area contributed by atoms with Crippen LogP contribution in [0.5, 0.6) is 0 Å². The molecule has 0 radical (unpaired) electrons. The van der Waals surface area contributed by atoms with Crippen molar-refractivity contribution in [2.75, 3.05) is 52.1 Å². The van der Waals surface area contributed by atoms with E-state index in [1.807, 2.05) is 0 Å². The molecule has 3 atom stereocenters. The molecule has 0 aliphatic carbocycles. The second-order valence-electron chi connectivity index (χ2n) is 7.18. The van der Waals surface area contributed by atoms with Gasteiger partial charge in [-0.3, -0.25) is 4.79 Å². The van der Waals surface area contributed by atoms with Crippen LogP contribution in [0.3, 0.4) is 0 Å². The molecule has 186 valence electrons. The summed E-state index contributed by atoms with van der Waals surface area (Å²) in [7, 11) is 0. The highest BCUT2D eigenvalue weighted by molar-refractivity contribution is 6.17. The number of primary amides is 1. The lowest BCUT2D eigenvalue weighted by Gasteiger charge is -2.13. The molecule has 1 fully saturated rings. The zero-order valence-corrected chi connectivity index (χ0v) is 19.1. The molecule has 1 unspecified atom stereocenters. The molecule has 1 rings (SSSR count). The Labute approximate surface area is 193 Å². The Bertz CT molecular complexity index is 567. The van der Waals surface area contributed by atoms with Crippen LogP contribution in [0.2, 0.25) is 0 Å². The molecule has 1 heterocycles. The van der Waals surface area contributed by atoms with Crippen molar-refractivity contribution in [3.05, 3.63) is 11.8 Å². The van der Waals surface area contributed by atoms with Gasteiger partial charge in [-0.05, 0) is 12.8 Å². The van der Waals surface area contributed by atoms with Gasteiger partial charge in [0, 0.05) is 31.7 Å². The Morgan fingerprint density at radius 2 is 1.84 bits per heavy atom. The number of aliphatic hydroxyl groups excluding tert-OH is 2. The molecule has 0 aromatic carbocycles. The minimum Gasteiger partial charge on any atom is -0.444 e. The quantitative estimate of drug-likeness (QED) is 0.103. The molecule has 11 nitrogen and oxygen atoms in total. The van der Waals surface area contributed by atoms with E-state index in [1.54, 1.807) is 0 Å². The van der Waals surface area contributed by atoms with E-state index in [-0.39, 0.29) is 31.8 Å². The summed E-state index contributed by atoms with van der Waals surface area (Å²) in [5, 5.41) is 24.0. The van der Waals surface area contributed by atoms with Gasteiger partial charge in [0.05, 0.1) is 38.1 Å². The molecule has 12 heteroatoms. The van der Waals surface area contributed by atoms with Gasteiger partial charge in [0.15, 0.2) is 0 Å². The van der Waals surface area contributed by atoms with Gasteiger partial charge in [-0.25, -0.2) is 4.79 Å². The summed E-state index contributed by atoms with van der Waals surface area (Å²) in [6, 6.07) is 0. The van der Waals surface area contributed by atoms with Gasteiger partial charge < -0.3 is 45.5 Å². The van der Waals surface area contributed by atoms with E-state index in [9.17, 15) is 14.7 Å². The zero-order chi connectivity index (χ0) is 23.6. The normalized spacial score (nSPS) is 20.8. The van der Waals surface area contributed by atoms with E-state index < -0.39 is 30.4 Å². The van der Waals surface area contributed by atoms with Gasteiger partial charge in [-0.15, -0.1) is 11.6 Å². The number of aliphatic hydroxyl groups is 2. The number of alkyl halides is 1. The molecule has 0 aromatic heterocycles. The molecule has 0 spiro atoms. The highest BCUT2D eigenvalue weighted by Crippen LogP contribution is 2.18. The molecule has 0 bridgehead atoms. The Morgan fingerprint density at radius 1 is 1.12 bits per heavy atom. The number of carbonyl (C=O) groups is 2. The van der Waals surface area contributed by atoms with Crippen molar-refractivity contribution in [2.24, 2.45) is 5.73 Å². The Hall–Kier alpha value is -1.63. The van der Waals surface area contributed by atoms with Crippen LogP contribution >= 0.6 is 11.6 Å². The molecule has 0 saturated carbocycles. The predicted octanol–water partition coefficient (Wildman–Crippen LogP) is -0.0280. The molecule has 1 saturated heterocycles. The fourth-order valence-corrected chi connectivity index (χ4v) is 2.96. The van der Waals surface area contributed by atoms with E-state index in [1.165, 1.54) is 6.20 Å². The van der Waals surface area contributed by atoms with Crippen molar-refractivity contribution in [3.8, 4) is 0 Å². The summed E-state index contributed by atoms with van der Waals surface area (Å²) in [4.78, 5) is 23.2. The summed E-state index contributed by atoms with van der Waals surface area (Å²) < 4.78 is 21.1.